The van der Waals surface area contributed by atoms with E-state index in [0.29, 0.717) is 0 Å². The first kappa shape index (κ1) is 12.5. The van der Waals surface area contributed by atoms with E-state index in [1.165, 1.54) is 11.4 Å². The lowest BCUT2D eigenvalue weighted by Gasteiger charge is -2.15. The van der Waals surface area contributed by atoms with Crippen LogP contribution < -0.4 is 5.32 Å². The van der Waals surface area contributed by atoms with E-state index in [1.807, 2.05) is 6.33 Å². The summed E-state index contributed by atoms with van der Waals surface area (Å²) in [5.74, 6) is 0. The van der Waals surface area contributed by atoms with Crippen LogP contribution in [-0.2, 0) is 24.2 Å². The van der Waals surface area contributed by atoms with Gasteiger partial charge in [0, 0.05) is 38.3 Å². The molecular formula is C12H22N4O. The van der Waals surface area contributed by atoms with Crippen LogP contribution in [0.25, 0.3) is 0 Å². The Balaban J connectivity index is 1.74. The molecule has 1 aliphatic heterocycles. The summed E-state index contributed by atoms with van der Waals surface area (Å²) < 4.78 is 7.83. The molecule has 1 aromatic heterocycles. The summed E-state index contributed by atoms with van der Waals surface area (Å²) in [4.78, 5) is 6.55. The number of aromatic nitrogens is 2. The number of nitrogens with zero attached hydrogens (tertiary/aromatic N) is 3. The highest BCUT2D eigenvalue weighted by Crippen LogP contribution is 2.11. The first-order valence-electron chi connectivity index (χ1n) is 6.23. The average molecular weight is 238 g/mol. The van der Waals surface area contributed by atoms with Gasteiger partial charge in [-0.25, -0.2) is 4.98 Å². The summed E-state index contributed by atoms with van der Waals surface area (Å²) in [6, 6.07) is 0. The van der Waals surface area contributed by atoms with E-state index in [4.69, 9.17) is 4.74 Å². The number of ether oxygens (including phenoxy) is 1. The second kappa shape index (κ2) is 6.14. The van der Waals surface area contributed by atoms with Crippen LogP contribution in [0.1, 0.15) is 11.4 Å². The zero-order chi connectivity index (χ0) is 12.1. The summed E-state index contributed by atoms with van der Waals surface area (Å²) in [6.07, 6.45) is 3.01. The molecule has 1 aliphatic rings. The van der Waals surface area contributed by atoms with E-state index in [-0.39, 0.29) is 0 Å². The maximum Gasteiger partial charge on any atom is 0.0953 e. The molecule has 96 valence electrons. The molecular weight excluding hydrogens is 216 g/mol. The Bertz CT molecular complexity index is 348. The Morgan fingerprint density at radius 3 is 3.18 bits per heavy atom. The van der Waals surface area contributed by atoms with Crippen molar-refractivity contribution in [2.75, 3.05) is 40.4 Å². The predicted molar refractivity (Wildman–Crippen MR) is 67.0 cm³/mol. The van der Waals surface area contributed by atoms with E-state index in [1.54, 1.807) is 0 Å². The zero-order valence-electron chi connectivity index (χ0n) is 10.8. The predicted octanol–water partition coefficient (Wildman–Crippen LogP) is 0.107. The van der Waals surface area contributed by atoms with Crippen molar-refractivity contribution in [3.8, 4) is 0 Å². The number of rotatable bonds is 6. The molecule has 2 rings (SSSR count). The summed E-state index contributed by atoms with van der Waals surface area (Å²) >= 11 is 0. The maximum atomic E-state index is 5.60. The number of fused-ring (bicyclic) bond motifs is 1. The van der Waals surface area contributed by atoms with Gasteiger partial charge in [-0.1, -0.05) is 0 Å². The van der Waals surface area contributed by atoms with Crippen LogP contribution >= 0.6 is 0 Å². The quantitative estimate of drug-likeness (QED) is 0.714. The Kier molecular flexibility index (Phi) is 4.53. The standard InChI is InChI=1S/C12H22N4O/c1-15(2)5-7-17-8-6-16-10-14-11-9-13-4-3-12(11)16/h10,13H,3-9H2,1-2H3. The number of likely N-dealkylation sites (N-methyl/N-ethyl adjacent to an activating group) is 1. The number of nitrogens with one attached hydrogen (secondary N) is 1. The fourth-order valence-electron chi connectivity index (χ4n) is 2.00. The summed E-state index contributed by atoms with van der Waals surface area (Å²) in [6.45, 7) is 5.42. The van der Waals surface area contributed by atoms with Gasteiger partial charge >= 0.3 is 0 Å². The average Bonchev–Trinajstić information content (AvgIpc) is 2.72. The normalized spacial score (nSPS) is 15.2. The van der Waals surface area contributed by atoms with Crippen molar-refractivity contribution >= 4 is 0 Å². The summed E-state index contributed by atoms with van der Waals surface area (Å²) in [7, 11) is 4.12. The van der Waals surface area contributed by atoms with Crippen LogP contribution in [0.3, 0.4) is 0 Å². The van der Waals surface area contributed by atoms with Crippen LogP contribution in [-0.4, -0.2) is 54.8 Å². The van der Waals surface area contributed by atoms with Crippen molar-refractivity contribution in [3.63, 3.8) is 0 Å². The van der Waals surface area contributed by atoms with Gasteiger partial charge < -0.3 is 19.5 Å². The third-order valence-electron chi connectivity index (χ3n) is 3.02. The molecule has 0 atom stereocenters. The minimum atomic E-state index is 0.768. The first-order valence-corrected chi connectivity index (χ1v) is 6.23. The van der Waals surface area contributed by atoms with Crippen molar-refractivity contribution in [1.82, 2.24) is 19.8 Å². The van der Waals surface area contributed by atoms with Gasteiger partial charge in [0.2, 0.25) is 0 Å². The van der Waals surface area contributed by atoms with Gasteiger partial charge in [0.25, 0.3) is 0 Å². The number of hydrogen-bond acceptors (Lipinski definition) is 4. The minimum absolute atomic E-state index is 0.768. The molecule has 1 aromatic rings. The van der Waals surface area contributed by atoms with Gasteiger partial charge in [-0.2, -0.15) is 0 Å². The molecule has 5 heteroatoms. The van der Waals surface area contributed by atoms with Gasteiger partial charge in [0.15, 0.2) is 0 Å². The molecule has 5 nitrogen and oxygen atoms in total. The van der Waals surface area contributed by atoms with Gasteiger partial charge in [-0.05, 0) is 14.1 Å². The smallest absolute Gasteiger partial charge is 0.0953 e. The molecule has 0 saturated heterocycles. The molecule has 0 saturated carbocycles. The molecule has 17 heavy (non-hydrogen) atoms. The SMILES string of the molecule is CN(C)CCOCCn1cnc2c1CCNC2. The Labute approximate surface area is 103 Å². The second-order valence-corrected chi connectivity index (χ2v) is 4.67. The largest absolute Gasteiger partial charge is 0.378 e. The Morgan fingerprint density at radius 1 is 1.47 bits per heavy atom. The van der Waals surface area contributed by atoms with Crippen molar-refractivity contribution in [1.29, 1.82) is 0 Å². The molecule has 0 fully saturated rings. The molecule has 0 spiro atoms. The number of hydrogen-bond donors (Lipinski definition) is 1. The third kappa shape index (κ3) is 3.52. The second-order valence-electron chi connectivity index (χ2n) is 4.67. The molecule has 0 aliphatic carbocycles. The topological polar surface area (TPSA) is 42.3 Å². The fraction of sp³-hybridized carbons (Fsp3) is 0.750. The molecule has 0 radical (unpaired) electrons. The van der Waals surface area contributed by atoms with Crippen molar-refractivity contribution < 1.29 is 4.74 Å². The molecule has 0 bridgehead atoms. The molecule has 0 unspecified atom stereocenters. The molecule has 1 N–H and O–H groups in total. The van der Waals surface area contributed by atoms with Gasteiger partial charge in [0.1, 0.15) is 0 Å². The lowest BCUT2D eigenvalue weighted by atomic mass is 10.2. The van der Waals surface area contributed by atoms with Crippen LogP contribution in [0.15, 0.2) is 6.33 Å². The van der Waals surface area contributed by atoms with E-state index in [0.717, 1.165) is 45.8 Å². The Hall–Kier alpha value is -0.910. The van der Waals surface area contributed by atoms with Gasteiger partial charge in [-0.15, -0.1) is 0 Å². The minimum Gasteiger partial charge on any atom is -0.378 e. The van der Waals surface area contributed by atoms with E-state index in [9.17, 15) is 0 Å². The zero-order valence-corrected chi connectivity index (χ0v) is 10.8. The van der Waals surface area contributed by atoms with Crippen molar-refractivity contribution in [2.24, 2.45) is 0 Å². The van der Waals surface area contributed by atoms with Gasteiger partial charge in [-0.3, -0.25) is 0 Å². The third-order valence-corrected chi connectivity index (χ3v) is 3.02. The monoisotopic (exact) mass is 238 g/mol. The fourth-order valence-corrected chi connectivity index (χ4v) is 2.00. The van der Waals surface area contributed by atoms with Crippen LogP contribution in [0.2, 0.25) is 0 Å². The van der Waals surface area contributed by atoms with Crippen molar-refractivity contribution in [3.05, 3.63) is 17.7 Å². The summed E-state index contributed by atoms with van der Waals surface area (Å²) in [5.41, 5.74) is 2.57. The highest BCUT2D eigenvalue weighted by molar-refractivity contribution is 5.16. The van der Waals surface area contributed by atoms with E-state index < -0.39 is 0 Å². The van der Waals surface area contributed by atoms with E-state index >= 15 is 0 Å². The van der Waals surface area contributed by atoms with Gasteiger partial charge in [0.05, 0.1) is 25.2 Å². The lowest BCUT2D eigenvalue weighted by Crippen LogP contribution is -2.25. The highest BCUT2D eigenvalue weighted by Gasteiger charge is 2.13. The Morgan fingerprint density at radius 2 is 2.35 bits per heavy atom. The highest BCUT2D eigenvalue weighted by atomic mass is 16.5. The number of imidazole rings is 1. The maximum absolute atomic E-state index is 5.60. The lowest BCUT2D eigenvalue weighted by molar-refractivity contribution is 0.110. The molecule has 0 aromatic carbocycles. The molecule has 2 heterocycles. The van der Waals surface area contributed by atoms with Crippen molar-refractivity contribution in [2.45, 2.75) is 19.5 Å². The summed E-state index contributed by atoms with van der Waals surface area (Å²) in [5, 5.41) is 3.33. The van der Waals surface area contributed by atoms with Crippen LogP contribution in [0.5, 0.6) is 0 Å². The van der Waals surface area contributed by atoms with Crippen LogP contribution in [0.4, 0.5) is 0 Å². The van der Waals surface area contributed by atoms with Crippen LogP contribution in [0, 0.1) is 0 Å². The first-order chi connectivity index (χ1) is 8.27. The molecule has 0 amide bonds. The van der Waals surface area contributed by atoms with E-state index in [2.05, 4.69) is 33.9 Å².